The molecule has 2 rings (SSSR count). The van der Waals surface area contributed by atoms with Gasteiger partial charge in [-0.3, -0.25) is 4.90 Å². The number of nitrogens with one attached hydrogen (secondary N) is 1. The lowest BCUT2D eigenvalue weighted by Crippen LogP contribution is -2.39. The van der Waals surface area contributed by atoms with Crippen LogP contribution in [0.2, 0.25) is 0 Å². The van der Waals surface area contributed by atoms with Crippen LogP contribution in [-0.2, 0) is 19.5 Å². The second-order valence-electron chi connectivity index (χ2n) is 6.94. The fourth-order valence-corrected chi connectivity index (χ4v) is 2.83. The summed E-state index contributed by atoms with van der Waals surface area (Å²) >= 11 is 0. The van der Waals surface area contributed by atoms with Crippen LogP contribution in [0.25, 0.3) is 0 Å². The Bertz CT molecular complexity index is 431. The van der Waals surface area contributed by atoms with Gasteiger partial charge in [0.1, 0.15) is 0 Å². The average molecular weight is 260 g/mol. The van der Waals surface area contributed by atoms with Crippen LogP contribution in [0, 0.1) is 5.41 Å². The van der Waals surface area contributed by atoms with E-state index in [4.69, 9.17) is 0 Å². The minimum absolute atomic E-state index is 0.325. The standard InChI is InChI=1S/C17H28N2/c1-13(17(2,3)4)19(5)12-15-8-6-7-14-11-18-10-9-16(14)15/h6-8,13,18H,9-12H2,1-5H3. The Hall–Kier alpha value is -0.860. The van der Waals surface area contributed by atoms with Crippen molar-refractivity contribution in [2.75, 3.05) is 13.6 Å². The summed E-state index contributed by atoms with van der Waals surface area (Å²) in [7, 11) is 2.25. The molecule has 0 amide bonds. The van der Waals surface area contributed by atoms with Gasteiger partial charge in [0.2, 0.25) is 0 Å². The first kappa shape index (κ1) is 14.5. The fourth-order valence-electron chi connectivity index (χ4n) is 2.83. The molecule has 1 aliphatic rings. The number of nitrogens with zero attached hydrogens (tertiary/aromatic N) is 1. The van der Waals surface area contributed by atoms with Crippen LogP contribution < -0.4 is 5.32 Å². The molecule has 0 radical (unpaired) electrons. The van der Waals surface area contributed by atoms with Crippen molar-refractivity contribution in [3.05, 3.63) is 34.9 Å². The Morgan fingerprint density at radius 2 is 2.05 bits per heavy atom. The molecule has 1 aromatic carbocycles. The van der Waals surface area contributed by atoms with Gasteiger partial charge in [-0.2, -0.15) is 0 Å². The van der Waals surface area contributed by atoms with E-state index in [-0.39, 0.29) is 0 Å². The predicted octanol–water partition coefficient (Wildman–Crippen LogP) is 3.20. The highest BCUT2D eigenvalue weighted by molar-refractivity contribution is 5.37. The lowest BCUT2D eigenvalue weighted by Gasteiger charge is -2.36. The minimum Gasteiger partial charge on any atom is -0.312 e. The normalized spacial score (nSPS) is 17.4. The molecule has 0 saturated carbocycles. The topological polar surface area (TPSA) is 15.3 Å². The zero-order chi connectivity index (χ0) is 14.0. The molecule has 1 aromatic rings. The summed E-state index contributed by atoms with van der Waals surface area (Å²) in [6, 6.07) is 7.34. The Morgan fingerprint density at radius 1 is 1.32 bits per heavy atom. The molecule has 1 atom stereocenters. The summed E-state index contributed by atoms with van der Waals surface area (Å²) in [4.78, 5) is 2.48. The molecular weight excluding hydrogens is 232 g/mol. The second kappa shape index (κ2) is 5.64. The average Bonchev–Trinajstić information content (AvgIpc) is 2.37. The molecule has 1 unspecified atom stereocenters. The molecule has 2 nitrogen and oxygen atoms in total. The van der Waals surface area contributed by atoms with Gasteiger partial charge in [0, 0.05) is 19.1 Å². The summed E-state index contributed by atoms with van der Waals surface area (Å²) < 4.78 is 0. The van der Waals surface area contributed by atoms with E-state index in [1.54, 1.807) is 5.56 Å². The number of hydrogen-bond donors (Lipinski definition) is 1. The molecule has 1 heterocycles. The smallest absolute Gasteiger partial charge is 0.0236 e. The van der Waals surface area contributed by atoms with E-state index < -0.39 is 0 Å². The second-order valence-corrected chi connectivity index (χ2v) is 6.94. The Morgan fingerprint density at radius 3 is 2.74 bits per heavy atom. The van der Waals surface area contributed by atoms with Crippen LogP contribution in [-0.4, -0.2) is 24.5 Å². The molecule has 1 N–H and O–H groups in total. The monoisotopic (exact) mass is 260 g/mol. The summed E-state index contributed by atoms with van der Waals surface area (Å²) in [5, 5.41) is 3.45. The molecule has 2 heteroatoms. The molecule has 0 aromatic heterocycles. The van der Waals surface area contributed by atoms with Gasteiger partial charge in [0.15, 0.2) is 0 Å². The first-order valence-corrected chi connectivity index (χ1v) is 7.40. The molecule has 0 saturated heterocycles. The van der Waals surface area contributed by atoms with Crippen molar-refractivity contribution >= 4 is 0 Å². The van der Waals surface area contributed by atoms with Crippen molar-refractivity contribution in [2.24, 2.45) is 5.41 Å². The molecule has 0 fully saturated rings. The highest BCUT2D eigenvalue weighted by Crippen LogP contribution is 2.26. The maximum absolute atomic E-state index is 3.45. The fraction of sp³-hybridized carbons (Fsp3) is 0.647. The third kappa shape index (κ3) is 3.37. The van der Waals surface area contributed by atoms with E-state index in [9.17, 15) is 0 Å². The first-order chi connectivity index (χ1) is 8.89. The molecule has 0 bridgehead atoms. The van der Waals surface area contributed by atoms with E-state index in [1.807, 2.05) is 0 Å². The minimum atomic E-state index is 0.325. The van der Waals surface area contributed by atoms with Crippen molar-refractivity contribution in [1.82, 2.24) is 10.2 Å². The summed E-state index contributed by atoms with van der Waals surface area (Å²) in [6.07, 6.45) is 1.17. The zero-order valence-electron chi connectivity index (χ0n) is 13.1. The quantitative estimate of drug-likeness (QED) is 0.898. The van der Waals surface area contributed by atoms with Crippen LogP contribution in [0.4, 0.5) is 0 Å². The Balaban J connectivity index is 2.15. The maximum Gasteiger partial charge on any atom is 0.0236 e. The number of benzene rings is 1. The van der Waals surface area contributed by atoms with Gasteiger partial charge >= 0.3 is 0 Å². The number of fused-ring (bicyclic) bond motifs is 1. The molecule has 19 heavy (non-hydrogen) atoms. The molecular formula is C17H28N2. The van der Waals surface area contributed by atoms with Crippen LogP contribution >= 0.6 is 0 Å². The summed E-state index contributed by atoms with van der Waals surface area (Å²) in [5.74, 6) is 0. The number of hydrogen-bond acceptors (Lipinski definition) is 2. The van der Waals surface area contributed by atoms with E-state index >= 15 is 0 Å². The van der Waals surface area contributed by atoms with Crippen LogP contribution in [0.5, 0.6) is 0 Å². The molecule has 1 aliphatic heterocycles. The molecule has 0 aliphatic carbocycles. The van der Waals surface area contributed by atoms with E-state index in [0.29, 0.717) is 11.5 Å². The third-order valence-corrected chi connectivity index (χ3v) is 4.57. The van der Waals surface area contributed by atoms with Gasteiger partial charge in [0.25, 0.3) is 0 Å². The van der Waals surface area contributed by atoms with Crippen LogP contribution in [0.3, 0.4) is 0 Å². The Kier molecular flexibility index (Phi) is 4.32. The largest absolute Gasteiger partial charge is 0.312 e. The van der Waals surface area contributed by atoms with Gasteiger partial charge in [-0.1, -0.05) is 39.0 Å². The van der Waals surface area contributed by atoms with Crippen molar-refractivity contribution < 1.29 is 0 Å². The third-order valence-electron chi connectivity index (χ3n) is 4.57. The lowest BCUT2D eigenvalue weighted by molar-refractivity contribution is 0.134. The van der Waals surface area contributed by atoms with Gasteiger partial charge < -0.3 is 5.32 Å². The Labute approximate surface area is 118 Å². The lowest BCUT2D eigenvalue weighted by atomic mass is 9.86. The summed E-state index contributed by atoms with van der Waals surface area (Å²) in [6.45, 7) is 12.5. The van der Waals surface area contributed by atoms with E-state index in [2.05, 4.69) is 63.2 Å². The van der Waals surface area contributed by atoms with Gasteiger partial charge in [-0.15, -0.1) is 0 Å². The molecule has 0 spiro atoms. The van der Waals surface area contributed by atoms with E-state index in [1.165, 1.54) is 17.5 Å². The van der Waals surface area contributed by atoms with Gasteiger partial charge in [-0.25, -0.2) is 0 Å². The highest BCUT2D eigenvalue weighted by Gasteiger charge is 2.24. The van der Waals surface area contributed by atoms with Gasteiger partial charge in [0.05, 0.1) is 0 Å². The maximum atomic E-state index is 3.45. The van der Waals surface area contributed by atoms with Crippen LogP contribution in [0.15, 0.2) is 18.2 Å². The zero-order valence-corrected chi connectivity index (χ0v) is 13.1. The van der Waals surface area contributed by atoms with Gasteiger partial charge in [-0.05, 0) is 49.0 Å². The van der Waals surface area contributed by atoms with E-state index in [0.717, 1.165) is 19.6 Å². The molecule has 106 valence electrons. The highest BCUT2D eigenvalue weighted by atomic mass is 15.1. The van der Waals surface area contributed by atoms with Crippen molar-refractivity contribution in [3.63, 3.8) is 0 Å². The predicted molar refractivity (Wildman–Crippen MR) is 82.2 cm³/mol. The SMILES string of the molecule is CC(N(C)Cc1cccc2c1CCNC2)C(C)(C)C. The first-order valence-electron chi connectivity index (χ1n) is 7.40. The van der Waals surface area contributed by atoms with Crippen LogP contribution in [0.1, 0.15) is 44.4 Å². The number of rotatable bonds is 3. The summed E-state index contributed by atoms with van der Waals surface area (Å²) in [5.41, 5.74) is 4.90. The van der Waals surface area contributed by atoms with Crippen molar-refractivity contribution in [1.29, 1.82) is 0 Å². The van der Waals surface area contributed by atoms with Crippen molar-refractivity contribution in [2.45, 2.75) is 53.2 Å². The van der Waals surface area contributed by atoms with Crippen molar-refractivity contribution in [3.8, 4) is 0 Å².